The standard InChI is InChI=1S/C26H28N6O4.H2O/c27-26(28-14-13-23(33)29-15-18-5-2-1-3-6-18)31-17-21-7-4-8-22(32-21)24(34)30-16-19-9-11-20(12-10-19)25(35)36;/h1-12H,13-17H2,(H,29,33)(H,30,34)(H,35,36)(H3,27,28,31);1H2. The van der Waals surface area contributed by atoms with Crippen LogP contribution in [0.5, 0.6) is 0 Å². The van der Waals surface area contributed by atoms with Crippen LogP contribution in [0.3, 0.4) is 0 Å². The molecule has 0 bridgehead atoms. The predicted molar refractivity (Wildman–Crippen MR) is 135 cm³/mol. The number of carboxylic acid groups (broad SMARTS) is 1. The molecule has 0 aliphatic carbocycles. The number of carbonyl (C=O) groups is 3. The van der Waals surface area contributed by atoms with Gasteiger partial charge < -0.3 is 26.0 Å². The molecule has 0 saturated carbocycles. The van der Waals surface area contributed by atoms with Crippen LogP contribution in [0.2, 0.25) is 0 Å². The first-order chi connectivity index (χ1) is 17.4. The Bertz CT molecular complexity index is 1220. The Hall–Kier alpha value is -4.77. The summed E-state index contributed by atoms with van der Waals surface area (Å²) in [7, 11) is 0. The number of aromatic nitrogens is 1. The molecule has 0 unspecified atom stereocenters. The van der Waals surface area contributed by atoms with E-state index in [1.54, 1.807) is 30.3 Å². The Kier molecular flexibility index (Phi) is 11.2. The number of rotatable bonds is 11. The molecule has 0 fully saturated rings. The van der Waals surface area contributed by atoms with E-state index >= 15 is 0 Å². The van der Waals surface area contributed by atoms with Gasteiger partial charge in [0.2, 0.25) is 5.91 Å². The second-order valence-corrected chi connectivity index (χ2v) is 7.89. The van der Waals surface area contributed by atoms with Crippen LogP contribution in [0.1, 0.15) is 44.1 Å². The Morgan fingerprint density at radius 3 is 2.22 bits per heavy atom. The quantitative estimate of drug-likeness (QED) is 0.143. The largest absolute Gasteiger partial charge is 0.545 e. The Balaban J connectivity index is 0.00000481. The van der Waals surface area contributed by atoms with E-state index in [4.69, 9.17) is 5.73 Å². The highest BCUT2D eigenvalue weighted by Crippen LogP contribution is 2.04. The first kappa shape index (κ1) is 28.5. The summed E-state index contributed by atoms with van der Waals surface area (Å²) >= 11 is 0. The number of carbonyl (C=O) groups excluding carboxylic acids is 3. The third-order valence-corrected chi connectivity index (χ3v) is 5.14. The zero-order valence-electron chi connectivity index (χ0n) is 20.1. The molecule has 0 saturated heterocycles. The Labute approximate surface area is 214 Å². The zero-order chi connectivity index (χ0) is 25.8. The summed E-state index contributed by atoms with van der Waals surface area (Å²) in [6.07, 6.45) is 0.263. The fourth-order valence-electron chi connectivity index (χ4n) is 3.18. The van der Waals surface area contributed by atoms with E-state index in [1.807, 2.05) is 30.3 Å². The van der Waals surface area contributed by atoms with Crippen molar-refractivity contribution in [2.45, 2.75) is 26.1 Å². The lowest BCUT2D eigenvalue weighted by molar-refractivity contribution is -0.479. The zero-order valence-corrected chi connectivity index (χ0v) is 20.1. The third-order valence-electron chi connectivity index (χ3n) is 5.14. The SMILES string of the molecule is NC(NCCC(=O)NCc1ccccc1)=[NH+]Cc1cccc(C(=O)NCc2ccc(C(=O)[O-])cc2)n1.O. The van der Waals surface area contributed by atoms with Gasteiger partial charge in [-0.1, -0.05) is 60.7 Å². The number of benzene rings is 2. The summed E-state index contributed by atoms with van der Waals surface area (Å²) in [4.78, 5) is 42.5. The number of carboxylic acids is 1. The van der Waals surface area contributed by atoms with E-state index in [2.05, 4.69) is 25.9 Å². The molecular weight excluding hydrogens is 476 g/mol. The fourth-order valence-corrected chi connectivity index (χ4v) is 3.18. The van der Waals surface area contributed by atoms with Crippen LogP contribution >= 0.6 is 0 Å². The summed E-state index contributed by atoms with van der Waals surface area (Å²) < 4.78 is 0. The molecular formula is C26H30N6O5. The number of amides is 2. The average molecular weight is 507 g/mol. The maximum absolute atomic E-state index is 12.5. The van der Waals surface area contributed by atoms with E-state index in [0.717, 1.165) is 11.1 Å². The Morgan fingerprint density at radius 1 is 0.838 bits per heavy atom. The van der Waals surface area contributed by atoms with Gasteiger partial charge in [-0.2, -0.15) is 0 Å². The van der Waals surface area contributed by atoms with Gasteiger partial charge in [0.15, 0.2) is 0 Å². The topological polar surface area (TPSA) is 195 Å². The van der Waals surface area contributed by atoms with Gasteiger partial charge in [0.25, 0.3) is 5.91 Å². The highest BCUT2D eigenvalue weighted by atomic mass is 16.4. The summed E-state index contributed by atoms with van der Waals surface area (Å²) in [5.41, 5.74) is 8.61. The lowest BCUT2D eigenvalue weighted by atomic mass is 10.1. The van der Waals surface area contributed by atoms with Crippen molar-refractivity contribution >= 4 is 23.7 Å². The summed E-state index contributed by atoms with van der Waals surface area (Å²) in [5, 5.41) is 19.4. The molecule has 0 radical (unpaired) electrons. The van der Waals surface area contributed by atoms with E-state index in [1.165, 1.54) is 12.1 Å². The minimum atomic E-state index is -1.25. The van der Waals surface area contributed by atoms with Gasteiger partial charge in [-0.15, -0.1) is 0 Å². The van der Waals surface area contributed by atoms with Gasteiger partial charge in [-0.3, -0.25) is 25.6 Å². The lowest BCUT2D eigenvalue weighted by Crippen LogP contribution is -2.77. The normalized spacial score (nSPS) is 10.6. The molecule has 1 heterocycles. The molecule has 2 aromatic carbocycles. The predicted octanol–water partition coefficient (Wildman–Crippen LogP) is -2.26. The summed E-state index contributed by atoms with van der Waals surface area (Å²) in [5.74, 6) is -1.41. The van der Waals surface area contributed by atoms with E-state index < -0.39 is 5.97 Å². The van der Waals surface area contributed by atoms with E-state index in [0.29, 0.717) is 24.7 Å². The summed E-state index contributed by atoms with van der Waals surface area (Å²) in [6, 6.07) is 20.8. The molecule has 3 aromatic rings. The molecule has 0 aliphatic heterocycles. The Morgan fingerprint density at radius 2 is 1.51 bits per heavy atom. The van der Waals surface area contributed by atoms with Gasteiger partial charge in [0, 0.05) is 13.1 Å². The second kappa shape index (κ2) is 14.6. The van der Waals surface area contributed by atoms with Crippen molar-refractivity contribution in [1.82, 2.24) is 20.9 Å². The van der Waals surface area contributed by atoms with Gasteiger partial charge in [-0.05, 0) is 28.8 Å². The van der Waals surface area contributed by atoms with Crippen molar-refractivity contribution in [3.8, 4) is 0 Å². The van der Waals surface area contributed by atoms with Gasteiger partial charge in [-0.25, -0.2) is 4.98 Å². The number of hydrogen-bond donors (Lipinski definition) is 5. The summed E-state index contributed by atoms with van der Waals surface area (Å²) in [6.45, 7) is 1.34. The van der Waals surface area contributed by atoms with Crippen molar-refractivity contribution in [2.75, 3.05) is 6.54 Å². The highest BCUT2D eigenvalue weighted by Gasteiger charge is 2.09. The first-order valence-corrected chi connectivity index (χ1v) is 11.4. The monoisotopic (exact) mass is 506 g/mol. The van der Waals surface area contributed by atoms with Crippen molar-refractivity contribution in [3.05, 3.63) is 101 Å². The van der Waals surface area contributed by atoms with Gasteiger partial charge in [0.05, 0.1) is 24.6 Å². The lowest BCUT2D eigenvalue weighted by Gasteiger charge is -2.07. The van der Waals surface area contributed by atoms with Crippen LogP contribution in [0.4, 0.5) is 0 Å². The molecule has 1 aromatic heterocycles. The smallest absolute Gasteiger partial charge is 0.341 e. The van der Waals surface area contributed by atoms with Crippen LogP contribution in [-0.2, 0) is 24.4 Å². The maximum Gasteiger partial charge on any atom is 0.341 e. The van der Waals surface area contributed by atoms with Crippen molar-refractivity contribution in [2.24, 2.45) is 5.73 Å². The first-order valence-electron chi connectivity index (χ1n) is 11.4. The van der Waals surface area contributed by atoms with Gasteiger partial charge >= 0.3 is 5.96 Å². The van der Waals surface area contributed by atoms with Crippen LogP contribution in [0, 0.1) is 0 Å². The molecule has 37 heavy (non-hydrogen) atoms. The molecule has 3 rings (SSSR count). The number of hydrogen-bond acceptors (Lipinski definition) is 5. The minimum Gasteiger partial charge on any atom is -0.545 e. The van der Waals surface area contributed by atoms with Gasteiger partial charge in [0.1, 0.15) is 12.2 Å². The van der Waals surface area contributed by atoms with Crippen LogP contribution in [-0.4, -0.2) is 40.7 Å². The molecule has 2 amide bonds. The van der Waals surface area contributed by atoms with E-state index in [-0.39, 0.29) is 48.1 Å². The number of pyridine rings is 1. The van der Waals surface area contributed by atoms with E-state index in [9.17, 15) is 19.5 Å². The molecule has 0 spiro atoms. The minimum absolute atomic E-state index is 0. The van der Waals surface area contributed by atoms with Crippen LogP contribution in [0.25, 0.3) is 0 Å². The number of guanidine groups is 1. The molecule has 0 atom stereocenters. The van der Waals surface area contributed by atoms with Crippen molar-refractivity contribution in [3.63, 3.8) is 0 Å². The number of nitrogens with zero attached hydrogens (tertiary/aromatic N) is 1. The number of aromatic carboxylic acids is 1. The molecule has 11 heteroatoms. The van der Waals surface area contributed by atoms with Crippen LogP contribution < -0.4 is 31.8 Å². The van der Waals surface area contributed by atoms with Crippen molar-refractivity contribution < 1.29 is 30.0 Å². The number of nitrogens with one attached hydrogen (secondary N) is 4. The maximum atomic E-state index is 12.5. The number of nitrogens with two attached hydrogens (primary N) is 1. The van der Waals surface area contributed by atoms with Crippen LogP contribution in [0.15, 0.2) is 72.8 Å². The fraction of sp³-hybridized carbons (Fsp3) is 0.192. The molecule has 11 nitrogen and oxygen atoms in total. The average Bonchev–Trinajstić information content (AvgIpc) is 2.90. The molecule has 0 aliphatic rings. The third kappa shape index (κ3) is 9.78. The molecule has 8 N–H and O–H groups in total. The van der Waals surface area contributed by atoms with Crippen molar-refractivity contribution in [1.29, 1.82) is 0 Å². The highest BCUT2D eigenvalue weighted by molar-refractivity contribution is 5.92. The second-order valence-electron chi connectivity index (χ2n) is 7.89. The molecule has 194 valence electrons.